The maximum absolute atomic E-state index is 2.45. The van der Waals surface area contributed by atoms with Crippen LogP contribution in [0.5, 0.6) is 0 Å². The number of nitrogens with zero attached hydrogens (tertiary/aromatic N) is 2. The van der Waals surface area contributed by atoms with Crippen molar-refractivity contribution in [2.24, 2.45) is 0 Å². The molecule has 0 bridgehead atoms. The summed E-state index contributed by atoms with van der Waals surface area (Å²) < 4.78 is 2.45. The Bertz CT molecular complexity index is 2700. The number of benzene rings is 8. The first-order valence-electron chi connectivity index (χ1n) is 17.8. The van der Waals surface area contributed by atoms with Crippen LogP contribution in [0.2, 0.25) is 0 Å². The van der Waals surface area contributed by atoms with Gasteiger partial charge >= 0.3 is 0 Å². The summed E-state index contributed by atoms with van der Waals surface area (Å²) in [6, 6.07) is 66.6. The summed E-state index contributed by atoms with van der Waals surface area (Å²) >= 11 is 0. The SMILES string of the molecule is CC1(C)c2ccccc2-c2cc3cc4c(cc3cc21)c1cc(N(c2ccccc2)c2ccccc2)ccc1n4-c1ccc(-c2ccccc2)cc1. The van der Waals surface area contributed by atoms with Crippen molar-refractivity contribution in [2.75, 3.05) is 4.90 Å². The zero-order valence-electron chi connectivity index (χ0n) is 28.7. The van der Waals surface area contributed by atoms with Crippen molar-refractivity contribution in [3.8, 4) is 27.9 Å². The highest BCUT2D eigenvalue weighted by Crippen LogP contribution is 2.50. The Morgan fingerprint density at radius 2 is 1.00 bits per heavy atom. The van der Waals surface area contributed by atoms with Crippen LogP contribution in [0.25, 0.3) is 60.5 Å². The van der Waals surface area contributed by atoms with E-state index in [2.05, 4.69) is 205 Å². The summed E-state index contributed by atoms with van der Waals surface area (Å²) in [6.07, 6.45) is 0. The number of rotatable bonds is 5. The average molecular weight is 653 g/mol. The molecule has 10 rings (SSSR count). The number of hydrogen-bond donors (Lipinski definition) is 0. The average Bonchev–Trinajstić information content (AvgIpc) is 3.61. The molecule has 2 heteroatoms. The van der Waals surface area contributed by atoms with Gasteiger partial charge in [-0.25, -0.2) is 0 Å². The molecule has 51 heavy (non-hydrogen) atoms. The van der Waals surface area contributed by atoms with Gasteiger partial charge in [0, 0.05) is 38.9 Å². The summed E-state index contributed by atoms with van der Waals surface area (Å²) in [5.41, 5.74) is 14.8. The van der Waals surface area contributed by atoms with E-state index in [9.17, 15) is 0 Å². The van der Waals surface area contributed by atoms with Crippen LogP contribution in [-0.2, 0) is 5.41 Å². The molecular formula is C49H36N2. The van der Waals surface area contributed by atoms with Crippen molar-refractivity contribution in [2.45, 2.75) is 19.3 Å². The van der Waals surface area contributed by atoms with E-state index in [1.807, 2.05) is 0 Å². The molecule has 1 heterocycles. The molecule has 242 valence electrons. The van der Waals surface area contributed by atoms with Crippen molar-refractivity contribution in [1.82, 2.24) is 4.57 Å². The van der Waals surface area contributed by atoms with E-state index in [0.717, 1.165) is 22.7 Å². The number of para-hydroxylation sites is 2. The van der Waals surface area contributed by atoms with Crippen LogP contribution in [0.4, 0.5) is 17.1 Å². The van der Waals surface area contributed by atoms with Gasteiger partial charge in [0.1, 0.15) is 0 Å². The molecule has 1 aliphatic carbocycles. The second-order valence-electron chi connectivity index (χ2n) is 14.2. The zero-order chi connectivity index (χ0) is 34.1. The van der Waals surface area contributed by atoms with Gasteiger partial charge in [0.2, 0.25) is 0 Å². The molecular weight excluding hydrogens is 617 g/mol. The van der Waals surface area contributed by atoms with E-state index in [1.54, 1.807) is 0 Å². The van der Waals surface area contributed by atoms with Gasteiger partial charge in [-0.05, 0) is 123 Å². The van der Waals surface area contributed by atoms with Crippen molar-refractivity contribution in [1.29, 1.82) is 0 Å². The standard InChI is InChI=1S/C49H36N2/c1-49(2)45-21-13-12-20-41(45)42-28-36-31-48-43(29-35(36)30-46(42)49)44-32-40(50(37-16-8-4-9-17-37)38-18-10-5-11-19-38)26-27-47(44)51(48)39-24-22-34(23-25-39)33-14-6-3-7-15-33/h3-32H,1-2H3. The van der Waals surface area contributed by atoms with Gasteiger partial charge in [-0.2, -0.15) is 0 Å². The third kappa shape index (κ3) is 4.64. The minimum atomic E-state index is -0.0530. The molecule has 0 aliphatic heterocycles. The topological polar surface area (TPSA) is 8.17 Å². The minimum absolute atomic E-state index is 0.0530. The molecule has 9 aromatic rings. The molecule has 0 unspecified atom stereocenters. The predicted octanol–water partition coefficient (Wildman–Crippen LogP) is 13.4. The molecule has 0 saturated carbocycles. The molecule has 0 N–H and O–H groups in total. The maximum Gasteiger partial charge on any atom is 0.0547 e. The molecule has 0 radical (unpaired) electrons. The molecule has 1 aromatic heterocycles. The van der Waals surface area contributed by atoms with Gasteiger partial charge in [-0.15, -0.1) is 0 Å². The van der Waals surface area contributed by atoms with Gasteiger partial charge < -0.3 is 9.47 Å². The van der Waals surface area contributed by atoms with Gasteiger partial charge in [0.25, 0.3) is 0 Å². The Kier molecular flexibility index (Phi) is 6.56. The van der Waals surface area contributed by atoms with Crippen molar-refractivity contribution >= 4 is 49.6 Å². The van der Waals surface area contributed by atoms with Gasteiger partial charge in [0.05, 0.1) is 11.0 Å². The lowest BCUT2D eigenvalue weighted by molar-refractivity contribution is 0.661. The number of fused-ring (bicyclic) bond motifs is 7. The Hall–Kier alpha value is -6.38. The Morgan fingerprint density at radius 3 is 1.71 bits per heavy atom. The Morgan fingerprint density at radius 1 is 0.412 bits per heavy atom. The lowest BCUT2D eigenvalue weighted by atomic mass is 9.82. The lowest BCUT2D eigenvalue weighted by Crippen LogP contribution is -2.14. The van der Waals surface area contributed by atoms with Crippen LogP contribution in [0.3, 0.4) is 0 Å². The molecule has 0 atom stereocenters. The summed E-state index contributed by atoms with van der Waals surface area (Å²) in [7, 11) is 0. The first kappa shape index (κ1) is 29.5. The van der Waals surface area contributed by atoms with E-state index < -0.39 is 0 Å². The summed E-state index contributed by atoms with van der Waals surface area (Å²) in [6.45, 7) is 4.72. The second-order valence-corrected chi connectivity index (χ2v) is 14.2. The van der Waals surface area contributed by atoms with E-state index in [1.165, 1.54) is 66.0 Å². The minimum Gasteiger partial charge on any atom is -0.310 e. The molecule has 1 aliphatic rings. The maximum atomic E-state index is 2.45. The van der Waals surface area contributed by atoms with Crippen molar-refractivity contribution in [3.63, 3.8) is 0 Å². The van der Waals surface area contributed by atoms with Crippen LogP contribution in [0, 0.1) is 0 Å². The fourth-order valence-corrected chi connectivity index (χ4v) is 8.40. The summed E-state index contributed by atoms with van der Waals surface area (Å²) in [5, 5.41) is 5.01. The highest BCUT2D eigenvalue weighted by Gasteiger charge is 2.35. The first-order valence-corrected chi connectivity index (χ1v) is 17.8. The van der Waals surface area contributed by atoms with Gasteiger partial charge in [-0.3, -0.25) is 0 Å². The van der Waals surface area contributed by atoms with Crippen LogP contribution in [0.15, 0.2) is 182 Å². The van der Waals surface area contributed by atoms with E-state index in [4.69, 9.17) is 0 Å². The molecule has 0 spiro atoms. The van der Waals surface area contributed by atoms with Gasteiger partial charge in [0.15, 0.2) is 0 Å². The Labute approximate surface area is 298 Å². The van der Waals surface area contributed by atoms with Crippen LogP contribution in [0.1, 0.15) is 25.0 Å². The Balaban J connectivity index is 1.23. The summed E-state index contributed by atoms with van der Waals surface area (Å²) in [4.78, 5) is 2.35. The first-order chi connectivity index (χ1) is 25.0. The second kappa shape index (κ2) is 11.3. The van der Waals surface area contributed by atoms with E-state index in [0.29, 0.717) is 0 Å². The molecule has 0 saturated heterocycles. The third-order valence-electron chi connectivity index (χ3n) is 10.9. The van der Waals surface area contributed by atoms with Gasteiger partial charge in [-0.1, -0.05) is 117 Å². The molecule has 2 nitrogen and oxygen atoms in total. The zero-order valence-corrected chi connectivity index (χ0v) is 28.7. The van der Waals surface area contributed by atoms with Crippen LogP contribution >= 0.6 is 0 Å². The van der Waals surface area contributed by atoms with Crippen LogP contribution in [-0.4, -0.2) is 4.57 Å². The van der Waals surface area contributed by atoms with Crippen molar-refractivity contribution < 1.29 is 0 Å². The lowest BCUT2D eigenvalue weighted by Gasteiger charge is -2.25. The number of anilines is 3. The normalized spacial score (nSPS) is 13.1. The highest BCUT2D eigenvalue weighted by atomic mass is 15.1. The third-order valence-corrected chi connectivity index (χ3v) is 10.9. The molecule has 8 aromatic carbocycles. The fourth-order valence-electron chi connectivity index (χ4n) is 8.40. The molecule has 0 amide bonds. The monoisotopic (exact) mass is 652 g/mol. The highest BCUT2D eigenvalue weighted by molar-refractivity contribution is 6.15. The number of aromatic nitrogens is 1. The van der Waals surface area contributed by atoms with E-state index >= 15 is 0 Å². The smallest absolute Gasteiger partial charge is 0.0547 e. The summed E-state index contributed by atoms with van der Waals surface area (Å²) in [5.74, 6) is 0. The van der Waals surface area contributed by atoms with Crippen LogP contribution < -0.4 is 4.90 Å². The quantitative estimate of drug-likeness (QED) is 0.180. The molecule has 0 fully saturated rings. The fraction of sp³-hybridized carbons (Fsp3) is 0.0612. The predicted molar refractivity (Wildman–Crippen MR) is 216 cm³/mol. The van der Waals surface area contributed by atoms with Crippen molar-refractivity contribution in [3.05, 3.63) is 193 Å². The number of hydrogen-bond acceptors (Lipinski definition) is 1. The largest absolute Gasteiger partial charge is 0.310 e. The van der Waals surface area contributed by atoms with E-state index in [-0.39, 0.29) is 5.41 Å².